The summed E-state index contributed by atoms with van der Waals surface area (Å²) in [5, 5.41) is 16.0. The Morgan fingerprint density at radius 2 is 1.53 bits per heavy atom. The zero-order valence-corrected chi connectivity index (χ0v) is 31.2. The number of aliphatic carboxylic acids is 1. The van der Waals surface area contributed by atoms with E-state index in [2.05, 4.69) is 10.6 Å². The van der Waals surface area contributed by atoms with Gasteiger partial charge in [0.25, 0.3) is 11.8 Å². The summed E-state index contributed by atoms with van der Waals surface area (Å²) < 4.78 is 5.88. The minimum atomic E-state index is -1.31. The predicted octanol–water partition coefficient (Wildman–Crippen LogP) is 6.53. The number of ether oxygens (including phenoxy) is 1. The van der Waals surface area contributed by atoms with E-state index < -0.39 is 23.6 Å². The van der Waals surface area contributed by atoms with Crippen LogP contribution in [0.3, 0.4) is 0 Å². The lowest BCUT2D eigenvalue weighted by molar-refractivity contribution is -0.138. The van der Waals surface area contributed by atoms with Crippen LogP contribution < -0.4 is 20.3 Å². The highest BCUT2D eigenvalue weighted by atomic mass is 35.5. The van der Waals surface area contributed by atoms with Gasteiger partial charge in [0, 0.05) is 30.6 Å². The molecule has 55 heavy (non-hydrogen) atoms. The number of amides is 4. The second-order valence-electron chi connectivity index (χ2n) is 13.9. The molecule has 1 saturated heterocycles. The van der Waals surface area contributed by atoms with Crippen molar-refractivity contribution in [2.75, 3.05) is 18.1 Å². The molecule has 1 aliphatic carbocycles. The number of carboxylic acids is 1. The average molecular weight is 763 g/mol. The van der Waals surface area contributed by atoms with E-state index in [4.69, 9.17) is 16.3 Å². The van der Waals surface area contributed by atoms with Crippen molar-refractivity contribution in [1.82, 2.24) is 15.5 Å². The number of carboxylic acid groups (broad SMARTS) is 1. The molecule has 4 aromatic rings. The molecule has 0 bridgehead atoms. The highest BCUT2D eigenvalue weighted by Crippen LogP contribution is 2.42. The zero-order valence-electron chi connectivity index (χ0n) is 30.5. The Hall–Kier alpha value is -5.94. The van der Waals surface area contributed by atoms with Crippen molar-refractivity contribution >= 4 is 53.0 Å². The van der Waals surface area contributed by atoms with Gasteiger partial charge in [0.05, 0.1) is 5.41 Å². The van der Waals surface area contributed by atoms with Gasteiger partial charge in [0.2, 0.25) is 11.8 Å². The van der Waals surface area contributed by atoms with Crippen molar-refractivity contribution in [2.45, 2.75) is 57.7 Å². The molecule has 4 aromatic carbocycles. The van der Waals surface area contributed by atoms with Crippen LogP contribution in [0.2, 0.25) is 5.02 Å². The van der Waals surface area contributed by atoms with E-state index in [0.29, 0.717) is 53.4 Å². The van der Waals surface area contributed by atoms with Gasteiger partial charge in [-0.2, -0.15) is 0 Å². The summed E-state index contributed by atoms with van der Waals surface area (Å²) >= 11 is 6.27. The first-order chi connectivity index (χ1) is 26.5. The summed E-state index contributed by atoms with van der Waals surface area (Å²) in [7, 11) is 0. The standard InChI is InChI=1S/C43H43ClN4O7/c1-29(49)45-25-24-43(22-8-9-23-43)42(54)46-36(41(52)53)26-31-14-20-34(21-15-31)47-39(32-16-18-33(44)19-17-32)48(38(50)28-55-35-12-6-3-7-13-35)37(40(47)51)27-30-10-4-2-5-11-30/h2-7,10-21,26,37,39H,8-9,22-25,27-28H2,1H3,(H,45,49)(H,46,54)(H,52,53)/b36-26-. The third-order valence-electron chi connectivity index (χ3n) is 10.2. The van der Waals surface area contributed by atoms with Gasteiger partial charge < -0.3 is 25.4 Å². The van der Waals surface area contributed by atoms with Crippen LogP contribution in [0.15, 0.2) is 115 Å². The van der Waals surface area contributed by atoms with Crippen LogP contribution in [0.1, 0.15) is 61.9 Å². The fraction of sp³-hybridized carbons (Fsp3) is 0.279. The highest BCUT2D eigenvalue weighted by Gasteiger charge is 2.50. The maximum atomic E-state index is 14.6. The second kappa shape index (κ2) is 17.5. The summed E-state index contributed by atoms with van der Waals surface area (Å²) in [6.07, 6.45) is 4.04. The summed E-state index contributed by atoms with van der Waals surface area (Å²) in [5.41, 5.74) is 1.40. The van der Waals surface area contributed by atoms with Gasteiger partial charge in [-0.05, 0) is 78.4 Å². The molecule has 1 aliphatic heterocycles. The lowest BCUT2D eigenvalue weighted by Gasteiger charge is -2.32. The molecule has 1 saturated carbocycles. The minimum absolute atomic E-state index is 0.193. The van der Waals surface area contributed by atoms with Gasteiger partial charge in [0.1, 0.15) is 23.7 Å². The van der Waals surface area contributed by atoms with Crippen molar-refractivity contribution in [3.05, 3.63) is 137 Å². The monoisotopic (exact) mass is 762 g/mol. The van der Waals surface area contributed by atoms with Crippen LogP contribution >= 0.6 is 11.6 Å². The molecule has 284 valence electrons. The third-order valence-corrected chi connectivity index (χ3v) is 10.4. The number of rotatable bonds is 14. The van der Waals surface area contributed by atoms with Crippen LogP contribution in [0.5, 0.6) is 5.75 Å². The normalized spacial score (nSPS) is 17.9. The zero-order chi connectivity index (χ0) is 39.0. The number of carbonyl (C=O) groups is 5. The molecule has 11 nitrogen and oxygen atoms in total. The molecular formula is C43H43ClN4O7. The quantitative estimate of drug-likeness (QED) is 0.124. The maximum Gasteiger partial charge on any atom is 0.352 e. The van der Waals surface area contributed by atoms with Crippen LogP contribution in [0.4, 0.5) is 5.69 Å². The molecule has 0 aromatic heterocycles. The Bertz CT molecular complexity index is 2030. The molecule has 2 atom stereocenters. The molecule has 1 heterocycles. The van der Waals surface area contributed by atoms with E-state index in [1.165, 1.54) is 13.0 Å². The molecule has 3 N–H and O–H groups in total. The molecule has 0 spiro atoms. The number of nitrogens with zero attached hydrogens (tertiary/aromatic N) is 2. The fourth-order valence-corrected chi connectivity index (χ4v) is 7.53. The van der Waals surface area contributed by atoms with Gasteiger partial charge in [-0.1, -0.05) is 97.2 Å². The molecule has 12 heteroatoms. The van der Waals surface area contributed by atoms with Crippen LogP contribution in [-0.2, 0) is 30.4 Å². The topological polar surface area (TPSA) is 145 Å². The van der Waals surface area contributed by atoms with E-state index in [9.17, 15) is 29.1 Å². The van der Waals surface area contributed by atoms with E-state index >= 15 is 0 Å². The van der Waals surface area contributed by atoms with Crippen molar-refractivity contribution in [1.29, 1.82) is 0 Å². The summed E-state index contributed by atoms with van der Waals surface area (Å²) in [5.74, 6) is -2.06. The van der Waals surface area contributed by atoms with E-state index in [0.717, 1.165) is 18.4 Å². The van der Waals surface area contributed by atoms with Gasteiger partial charge in [-0.3, -0.25) is 24.1 Å². The van der Waals surface area contributed by atoms with Gasteiger partial charge in [0.15, 0.2) is 6.61 Å². The Labute approximate surface area is 324 Å². The van der Waals surface area contributed by atoms with Crippen molar-refractivity contribution in [3.63, 3.8) is 0 Å². The summed E-state index contributed by atoms with van der Waals surface area (Å²) in [6.45, 7) is 1.43. The Kier molecular flexibility index (Phi) is 12.3. The lowest BCUT2D eigenvalue weighted by atomic mass is 9.81. The number of para-hydroxylation sites is 1. The molecule has 2 aliphatic rings. The largest absolute Gasteiger partial charge is 0.484 e. The number of halogens is 1. The molecule has 2 fully saturated rings. The number of carbonyl (C=O) groups excluding carboxylic acids is 4. The fourth-order valence-electron chi connectivity index (χ4n) is 7.40. The second-order valence-corrected chi connectivity index (χ2v) is 14.3. The number of nitrogens with one attached hydrogen (secondary N) is 2. The Morgan fingerprint density at radius 1 is 0.891 bits per heavy atom. The SMILES string of the molecule is CC(=O)NCCC1(C(=O)N/C(=C\c2ccc(N3C(=O)C(Cc4ccccc4)N(C(=O)COc4ccccc4)C3c3ccc(Cl)cc3)cc2)C(=O)O)CCCC1. The minimum Gasteiger partial charge on any atom is -0.484 e. The van der Waals surface area contributed by atoms with Crippen LogP contribution in [0.25, 0.3) is 6.08 Å². The van der Waals surface area contributed by atoms with E-state index in [1.54, 1.807) is 70.5 Å². The first kappa shape index (κ1) is 38.8. The lowest BCUT2D eigenvalue weighted by Crippen LogP contribution is -2.43. The number of anilines is 1. The summed E-state index contributed by atoms with van der Waals surface area (Å²) in [6, 6.07) is 31.2. The average Bonchev–Trinajstić information content (AvgIpc) is 3.78. The van der Waals surface area contributed by atoms with Gasteiger partial charge in [-0.25, -0.2) is 4.79 Å². The van der Waals surface area contributed by atoms with E-state index in [1.807, 2.05) is 48.5 Å². The summed E-state index contributed by atoms with van der Waals surface area (Å²) in [4.78, 5) is 69.3. The Balaban J connectivity index is 1.31. The predicted molar refractivity (Wildman–Crippen MR) is 209 cm³/mol. The number of hydrogen-bond acceptors (Lipinski definition) is 6. The third kappa shape index (κ3) is 9.24. The molecule has 4 amide bonds. The smallest absolute Gasteiger partial charge is 0.352 e. The van der Waals surface area contributed by atoms with Crippen molar-refractivity contribution in [3.8, 4) is 5.75 Å². The number of hydrogen-bond donors (Lipinski definition) is 3. The van der Waals surface area contributed by atoms with Crippen LogP contribution in [0, 0.1) is 5.41 Å². The van der Waals surface area contributed by atoms with Gasteiger partial charge >= 0.3 is 5.97 Å². The number of benzene rings is 4. The highest BCUT2D eigenvalue weighted by molar-refractivity contribution is 6.30. The first-order valence-electron chi connectivity index (χ1n) is 18.3. The van der Waals surface area contributed by atoms with E-state index in [-0.39, 0.29) is 42.4 Å². The van der Waals surface area contributed by atoms with Crippen molar-refractivity contribution < 1.29 is 33.8 Å². The van der Waals surface area contributed by atoms with Crippen LogP contribution in [-0.4, -0.2) is 58.8 Å². The van der Waals surface area contributed by atoms with Crippen molar-refractivity contribution in [2.24, 2.45) is 5.41 Å². The van der Waals surface area contributed by atoms with Gasteiger partial charge in [-0.15, -0.1) is 0 Å². The molecule has 0 radical (unpaired) electrons. The first-order valence-corrected chi connectivity index (χ1v) is 18.6. The molecule has 6 rings (SSSR count). The maximum absolute atomic E-state index is 14.6. The molecular weight excluding hydrogens is 720 g/mol. The molecule has 2 unspecified atom stereocenters. The Morgan fingerprint density at radius 3 is 2.15 bits per heavy atom.